The van der Waals surface area contributed by atoms with E-state index in [1.54, 1.807) is 32.4 Å². The zero-order valence-electron chi connectivity index (χ0n) is 14.9. The molecule has 4 heteroatoms. The fourth-order valence-electron chi connectivity index (χ4n) is 3.43. The van der Waals surface area contributed by atoms with Gasteiger partial charge in [-0.25, -0.2) is 0 Å². The molecule has 0 bridgehead atoms. The zero-order chi connectivity index (χ0) is 17.6. The van der Waals surface area contributed by atoms with Crippen LogP contribution in [0.4, 0.5) is 0 Å². The predicted octanol–water partition coefficient (Wildman–Crippen LogP) is 3.80. The minimum atomic E-state index is 0.0395. The van der Waals surface area contributed by atoms with Gasteiger partial charge in [0, 0.05) is 19.2 Å². The van der Waals surface area contributed by atoms with E-state index in [2.05, 4.69) is 24.3 Å². The van der Waals surface area contributed by atoms with Crippen LogP contribution < -0.4 is 9.47 Å². The van der Waals surface area contributed by atoms with Gasteiger partial charge in [-0.2, -0.15) is 0 Å². The molecule has 0 aromatic heterocycles. The Morgan fingerprint density at radius 3 is 2.40 bits per heavy atom. The van der Waals surface area contributed by atoms with E-state index in [0.29, 0.717) is 23.0 Å². The summed E-state index contributed by atoms with van der Waals surface area (Å²) in [6.07, 6.45) is 3.17. The number of hydrogen-bond acceptors (Lipinski definition) is 3. The van der Waals surface area contributed by atoms with Crippen LogP contribution in [-0.4, -0.2) is 38.1 Å². The Balaban J connectivity index is 1.62. The van der Waals surface area contributed by atoms with Crippen molar-refractivity contribution in [3.05, 3.63) is 59.7 Å². The maximum Gasteiger partial charge on any atom is 0.257 e. The first-order chi connectivity index (χ1) is 12.2. The molecular formula is C21H25NO3. The van der Waals surface area contributed by atoms with Crippen molar-refractivity contribution in [2.45, 2.75) is 19.3 Å². The topological polar surface area (TPSA) is 38.8 Å². The summed E-state index contributed by atoms with van der Waals surface area (Å²) in [6, 6.07) is 15.9. The number of nitrogens with zero attached hydrogens (tertiary/aromatic N) is 1. The number of piperidine rings is 1. The highest BCUT2D eigenvalue weighted by Crippen LogP contribution is 2.28. The lowest BCUT2D eigenvalue weighted by atomic mass is 9.90. The number of hydrogen-bond donors (Lipinski definition) is 0. The standard InChI is InChI=1S/C21H25NO3/c1-24-18-8-9-19(20(15-18)25-2)21(23)22-12-10-17(11-13-22)14-16-6-4-3-5-7-16/h3-9,15,17H,10-14H2,1-2H3. The highest BCUT2D eigenvalue weighted by molar-refractivity contribution is 5.97. The average Bonchev–Trinajstić information content (AvgIpc) is 2.68. The molecule has 0 saturated carbocycles. The lowest BCUT2D eigenvalue weighted by molar-refractivity contribution is 0.0687. The van der Waals surface area contributed by atoms with Gasteiger partial charge in [0.15, 0.2) is 0 Å². The van der Waals surface area contributed by atoms with Crippen LogP contribution in [0.1, 0.15) is 28.8 Å². The Hall–Kier alpha value is -2.49. The van der Waals surface area contributed by atoms with Gasteiger partial charge >= 0.3 is 0 Å². The minimum absolute atomic E-state index is 0.0395. The van der Waals surface area contributed by atoms with Gasteiger partial charge in [0.1, 0.15) is 11.5 Å². The fraction of sp³-hybridized carbons (Fsp3) is 0.381. The van der Waals surface area contributed by atoms with Gasteiger partial charge in [-0.05, 0) is 42.9 Å². The van der Waals surface area contributed by atoms with Crippen LogP contribution in [0, 0.1) is 5.92 Å². The van der Waals surface area contributed by atoms with Gasteiger partial charge in [0.25, 0.3) is 5.91 Å². The first-order valence-electron chi connectivity index (χ1n) is 8.76. The molecule has 3 rings (SSSR count). The molecule has 0 unspecified atom stereocenters. The number of ether oxygens (including phenoxy) is 2. The van der Waals surface area contributed by atoms with Crippen LogP contribution in [0.15, 0.2) is 48.5 Å². The van der Waals surface area contributed by atoms with Crippen molar-refractivity contribution in [3.63, 3.8) is 0 Å². The Labute approximate surface area is 149 Å². The average molecular weight is 339 g/mol. The van der Waals surface area contributed by atoms with Crippen LogP contribution in [0.25, 0.3) is 0 Å². The molecule has 2 aromatic carbocycles. The van der Waals surface area contributed by atoms with Crippen molar-refractivity contribution < 1.29 is 14.3 Å². The molecule has 1 amide bonds. The number of rotatable bonds is 5. The van der Waals surface area contributed by atoms with Gasteiger partial charge in [0.05, 0.1) is 19.8 Å². The molecule has 1 aliphatic heterocycles. The third-order valence-electron chi connectivity index (χ3n) is 4.91. The van der Waals surface area contributed by atoms with Gasteiger partial charge in [0.2, 0.25) is 0 Å². The van der Waals surface area contributed by atoms with Gasteiger partial charge in [-0.15, -0.1) is 0 Å². The van der Waals surface area contributed by atoms with Crippen LogP contribution in [0.3, 0.4) is 0 Å². The molecule has 25 heavy (non-hydrogen) atoms. The van der Waals surface area contributed by atoms with E-state index in [4.69, 9.17) is 9.47 Å². The normalized spacial score (nSPS) is 15.0. The molecule has 0 atom stereocenters. The van der Waals surface area contributed by atoms with E-state index in [-0.39, 0.29) is 5.91 Å². The third-order valence-corrected chi connectivity index (χ3v) is 4.91. The second kappa shape index (κ2) is 8.06. The number of methoxy groups -OCH3 is 2. The van der Waals surface area contributed by atoms with Crippen molar-refractivity contribution in [2.24, 2.45) is 5.92 Å². The maximum absolute atomic E-state index is 12.8. The summed E-state index contributed by atoms with van der Waals surface area (Å²) in [6.45, 7) is 1.59. The number of benzene rings is 2. The second-order valence-electron chi connectivity index (χ2n) is 6.49. The number of carbonyl (C=O) groups excluding carboxylic acids is 1. The monoisotopic (exact) mass is 339 g/mol. The molecule has 4 nitrogen and oxygen atoms in total. The van der Waals surface area contributed by atoms with Crippen molar-refractivity contribution in [2.75, 3.05) is 27.3 Å². The smallest absolute Gasteiger partial charge is 0.257 e. The lowest BCUT2D eigenvalue weighted by Crippen LogP contribution is -2.39. The molecule has 2 aromatic rings. The highest BCUT2D eigenvalue weighted by Gasteiger charge is 2.25. The van der Waals surface area contributed by atoms with E-state index < -0.39 is 0 Å². The van der Waals surface area contributed by atoms with E-state index >= 15 is 0 Å². The maximum atomic E-state index is 12.8. The van der Waals surface area contributed by atoms with Crippen LogP contribution in [-0.2, 0) is 6.42 Å². The molecule has 0 spiro atoms. The minimum Gasteiger partial charge on any atom is -0.497 e. The van der Waals surface area contributed by atoms with E-state index in [1.807, 2.05) is 11.0 Å². The first-order valence-corrected chi connectivity index (χ1v) is 8.76. The van der Waals surface area contributed by atoms with Gasteiger partial charge < -0.3 is 14.4 Å². The summed E-state index contributed by atoms with van der Waals surface area (Å²) in [4.78, 5) is 14.8. The summed E-state index contributed by atoms with van der Waals surface area (Å²) >= 11 is 0. The number of carbonyl (C=O) groups is 1. The van der Waals surface area contributed by atoms with Crippen molar-refractivity contribution in [1.82, 2.24) is 4.90 Å². The molecule has 0 aliphatic carbocycles. The number of amides is 1. The predicted molar refractivity (Wildman–Crippen MR) is 98.3 cm³/mol. The van der Waals surface area contributed by atoms with Crippen LogP contribution >= 0.6 is 0 Å². The first kappa shape index (κ1) is 17.3. The highest BCUT2D eigenvalue weighted by atomic mass is 16.5. The van der Waals surface area contributed by atoms with E-state index in [9.17, 15) is 4.79 Å². The molecule has 0 N–H and O–H groups in total. The van der Waals surface area contributed by atoms with Crippen molar-refractivity contribution >= 4 is 5.91 Å². The molecule has 1 aliphatic rings. The Bertz CT molecular complexity index is 706. The lowest BCUT2D eigenvalue weighted by Gasteiger charge is -2.32. The Morgan fingerprint density at radius 2 is 1.76 bits per heavy atom. The summed E-state index contributed by atoms with van der Waals surface area (Å²) in [5.41, 5.74) is 1.98. The van der Waals surface area contributed by atoms with E-state index in [1.165, 1.54) is 5.56 Å². The third kappa shape index (κ3) is 4.13. The number of likely N-dealkylation sites (tertiary alicyclic amines) is 1. The molecule has 1 saturated heterocycles. The molecular weight excluding hydrogens is 314 g/mol. The van der Waals surface area contributed by atoms with Gasteiger partial charge in [-0.1, -0.05) is 30.3 Å². The zero-order valence-corrected chi connectivity index (χ0v) is 14.9. The Kier molecular flexibility index (Phi) is 5.59. The summed E-state index contributed by atoms with van der Waals surface area (Å²) in [7, 11) is 3.19. The molecule has 0 radical (unpaired) electrons. The fourth-order valence-corrected chi connectivity index (χ4v) is 3.43. The SMILES string of the molecule is COc1ccc(C(=O)N2CCC(Cc3ccccc3)CC2)c(OC)c1. The van der Waals surface area contributed by atoms with E-state index in [0.717, 1.165) is 32.4 Å². The Morgan fingerprint density at radius 1 is 1.04 bits per heavy atom. The van der Waals surface area contributed by atoms with Crippen molar-refractivity contribution in [3.8, 4) is 11.5 Å². The summed E-state index contributed by atoms with van der Waals surface area (Å²) < 4.78 is 10.6. The molecule has 132 valence electrons. The summed E-state index contributed by atoms with van der Waals surface area (Å²) in [5, 5.41) is 0. The molecule has 1 heterocycles. The summed E-state index contributed by atoms with van der Waals surface area (Å²) in [5.74, 6) is 1.94. The second-order valence-corrected chi connectivity index (χ2v) is 6.49. The largest absolute Gasteiger partial charge is 0.497 e. The molecule has 1 fully saturated rings. The van der Waals surface area contributed by atoms with Gasteiger partial charge in [-0.3, -0.25) is 4.79 Å². The quantitative estimate of drug-likeness (QED) is 0.832. The van der Waals surface area contributed by atoms with Crippen LogP contribution in [0.5, 0.6) is 11.5 Å². The van der Waals surface area contributed by atoms with Crippen LogP contribution in [0.2, 0.25) is 0 Å². The van der Waals surface area contributed by atoms with Crippen molar-refractivity contribution in [1.29, 1.82) is 0 Å².